The van der Waals surface area contributed by atoms with Crippen LogP contribution < -0.4 is 10.2 Å². The molecule has 0 aliphatic carbocycles. The van der Waals surface area contributed by atoms with Gasteiger partial charge in [0.2, 0.25) is 11.8 Å². The topological polar surface area (TPSA) is 49.4 Å². The summed E-state index contributed by atoms with van der Waals surface area (Å²) in [6, 6.07) is 13.8. The second-order valence-electron chi connectivity index (χ2n) is 6.56. The van der Waals surface area contributed by atoms with Crippen LogP contribution in [0.15, 0.2) is 42.5 Å². The fourth-order valence-corrected chi connectivity index (χ4v) is 3.34. The van der Waals surface area contributed by atoms with Crippen LogP contribution in [0.5, 0.6) is 0 Å². The normalized spacial score (nSPS) is 13.3. The van der Waals surface area contributed by atoms with E-state index < -0.39 is 0 Å². The zero-order chi connectivity index (χ0) is 17.8. The van der Waals surface area contributed by atoms with Gasteiger partial charge in [-0.05, 0) is 49.1 Å². The van der Waals surface area contributed by atoms with E-state index in [-0.39, 0.29) is 11.8 Å². The Balaban J connectivity index is 1.72. The zero-order valence-corrected chi connectivity index (χ0v) is 14.8. The molecule has 0 bridgehead atoms. The van der Waals surface area contributed by atoms with Crippen molar-refractivity contribution >= 4 is 23.2 Å². The number of anilines is 2. The van der Waals surface area contributed by atoms with Gasteiger partial charge in [0.25, 0.3) is 0 Å². The van der Waals surface area contributed by atoms with Crippen molar-refractivity contribution in [3.8, 4) is 0 Å². The van der Waals surface area contributed by atoms with E-state index in [0.717, 1.165) is 47.5 Å². The third-order valence-corrected chi connectivity index (χ3v) is 4.53. The van der Waals surface area contributed by atoms with Gasteiger partial charge >= 0.3 is 0 Å². The molecule has 2 amide bonds. The highest BCUT2D eigenvalue weighted by Crippen LogP contribution is 2.30. The number of benzene rings is 2. The van der Waals surface area contributed by atoms with Crippen LogP contribution in [0.2, 0.25) is 0 Å². The van der Waals surface area contributed by atoms with Gasteiger partial charge < -0.3 is 10.2 Å². The third-order valence-electron chi connectivity index (χ3n) is 4.53. The van der Waals surface area contributed by atoms with Crippen LogP contribution in [0.25, 0.3) is 0 Å². The highest BCUT2D eigenvalue weighted by atomic mass is 16.2. The van der Waals surface area contributed by atoms with Crippen molar-refractivity contribution in [2.24, 2.45) is 0 Å². The molecule has 0 saturated heterocycles. The molecule has 4 heteroatoms. The number of carbonyl (C=O) groups excluding carboxylic acids is 2. The molecule has 1 aliphatic rings. The van der Waals surface area contributed by atoms with E-state index in [2.05, 4.69) is 5.32 Å². The van der Waals surface area contributed by atoms with Gasteiger partial charge in [-0.3, -0.25) is 9.59 Å². The number of fused-ring (bicyclic) bond motifs is 1. The number of nitrogens with zero attached hydrogens (tertiary/aromatic N) is 1. The summed E-state index contributed by atoms with van der Waals surface area (Å²) < 4.78 is 0. The molecule has 25 heavy (non-hydrogen) atoms. The summed E-state index contributed by atoms with van der Waals surface area (Å²) in [5, 5.41) is 2.98. The van der Waals surface area contributed by atoms with E-state index >= 15 is 0 Å². The Morgan fingerprint density at radius 1 is 1.16 bits per heavy atom. The van der Waals surface area contributed by atoms with Crippen LogP contribution in [0.1, 0.15) is 36.5 Å². The first kappa shape index (κ1) is 17.2. The second kappa shape index (κ2) is 7.51. The highest BCUT2D eigenvalue weighted by Gasteiger charge is 2.21. The Bertz CT molecular complexity index is 798. The summed E-state index contributed by atoms with van der Waals surface area (Å²) >= 11 is 0. The summed E-state index contributed by atoms with van der Waals surface area (Å²) in [5.41, 5.74) is 5.06. The summed E-state index contributed by atoms with van der Waals surface area (Å²) in [5.74, 6) is 0.125. The molecule has 1 heterocycles. The molecule has 1 N–H and O–H groups in total. The molecule has 0 fully saturated rings. The molecule has 1 aliphatic heterocycles. The van der Waals surface area contributed by atoms with Crippen molar-refractivity contribution < 1.29 is 9.59 Å². The average Bonchev–Trinajstić information content (AvgIpc) is 2.60. The number of hydrogen-bond donors (Lipinski definition) is 1. The fourth-order valence-electron chi connectivity index (χ4n) is 3.34. The SMILES string of the molecule is CCC(=O)N1CCCc2cc(NC(=O)Cc3cccc(C)c3)ccc21. The van der Waals surface area contributed by atoms with Crippen LogP contribution in [0, 0.1) is 6.92 Å². The van der Waals surface area contributed by atoms with E-state index in [1.807, 2.05) is 61.2 Å². The Hall–Kier alpha value is -2.62. The van der Waals surface area contributed by atoms with Crippen molar-refractivity contribution in [1.29, 1.82) is 0 Å². The van der Waals surface area contributed by atoms with Gasteiger partial charge in [-0.15, -0.1) is 0 Å². The van der Waals surface area contributed by atoms with Gasteiger partial charge in [-0.2, -0.15) is 0 Å². The standard InChI is InChI=1S/C21H24N2O2/c1-3-21(25)23-11-5-8-17-14-18(9-10-19(17)23)22-20(24)13-16-7-4-6-15(2)12-16/h4,6-7,9-10,12,14H,3,5,8,11,13H2,1-2H3,(H,22,24). The Morgan fingerprint density at radius 3 is 2.76 bits per heavy atom. The molecule has 3 rings (SSSR count). The van der Waals surface area contributed by atoms with Crippen LogP contribution in [-0.2, 0) is 22.4 Å². The number of hydrogen-bond acceptors (Lipinski definition) is 2. The Labute approximate surface area is 148 Å². The zero-order valence-electron chi connectivity index (χ0n) is 14.8. The first-order valence-corrected chi connectivity index (χ1v) is 8.85. The lowest BCUT2D eigenvalue weighted by atomic mass is 10.0. The molecule has 2 aromatic carbocycles. The summed E-state index contributed by atoms with van der Waals surface area (Å²) in [4.78, 5) is 26.2. The maximum Gasteiger partial charge on any atom is 0.228 e. The predicted molar refractivity (Wildman–Crippen MR) is 101 cm³/mol. The van der Waals surface area contributed by atoms with Crippen molar-refractivity contribution in [2.75, 3.05) is 16.8 Å². The van der Waals surface area contributed by atoms with Gasteiger partial charge in [0.05, 0.1) is 6.42 Å². The minimum atomic E-state index is -0.0251. The minimum Gasteiger partial charge on any atom is -0.326 e. The van der Waals surface area contributed by atoms with Crippen LogP contribution in [-0.4, -0.2) is 18.4 Å². The molecule has 0 radical (unpaired) electrons. The van der Waals surface area contributed by atoms with Crippen molar-refractivity contribution in [1.82, 2.24) is 0 Å². The Morgan fingerprint density at radius 2 is 2.00 bits per heavy atom. The summed E-state index contributed by atoms with van der Waals surface area (Å²) in [6.45, 7) is 4.68. The lowest BCUT2D eigenvalue weighted by Gasteiger charge is -2.29. The predicted octanol–water partition coefficient (Wildman–Crippen LogP) is 3.87. The summed E-state index contributed by atoms with van der Waals surface area (Å²) in [6.07, 6.45) is 2.76. The number of aryl methyl sites for hydroxylation is 2. The third kappa shape index (κ3) is 4.08. The maximum absolute atomic E-state index is 12.3. The molecular formula is C21H24N2O2. The Kier molecular flexibility index (Phi) is 5.17. The number of carbonyl (C=O) groups is 2. The van der Waals surface area contributed by atoms with Crippen molar-refractivity contribution in [2.45, 2.75) is 39.5 Å². The molecule has 2 aromatic rings. The molecule has 4 nitrogen and oxygen atoms in total. The second-order valence-corrected chi connectivity index (χ2v) is 6.56. The van der Waals surface area contributed by atoms with Crippen molar-refractivity contribution in [3.63, 3.8) is 0 Å². The molecular weight excluding hydrogens is 312 g/mol. The van der Waals surface area contributed by atoms with Crippen LogP contribution in [0.3, 0.4) is 0 Å². The quantitative estimate of drug-likeness (QED) is 0.921. The lowest BCUT2D eigenvalue weighted by molar-refractivity contribution is -0.118. The molecule has 0 aromatic heterocycles. The van der Waals surface area contributed by atoms with Gasteiger partial charge in [0, 0.05) is 24.3 Å². The minimum absolute atomic E-state index is 0.0251. The molecule has 0 spiro atoms. The van der Waals surface area contributed by atoms with E-state index in [1.165, 1.54) is 0 Å². The van der Waals surface area contributed by atoms with Gasteiger partial charge in [-0.1, -0.05) is 36.8 Å². The largest absolute Gasteiger partial charge is 0.326 e. The first-order valence-electron chi connectivity index (χ1n) is 8.85. The van der Waals surface area contributed by atoms with Crippen molar-refractivity contribution in [3.05, 3.63) is 59.2 Å². The highest BCUT2D eigenvalue weighted by molar-refractivity contribution is 5.96. The molecule has 0 atom stereocenters. The number of nitrogens with one attached hydrogen (secondary N) is 1. The van der Waals surface area contributed by atoms with Gasteiger partial charge in [-0.25, -0.2) is 0 Å². The average molecular weight is 336 g/mol. The fraction of sp³-hybridized carbons (Fsp3) is 0.333. The van der Waals surface area contributed by atoms with E-state index in [9.17, 15) is 9.59 Å². The van der Waals surface area contributed by atoms with Gasteiger partial charge in [0.15, 0.2) is 0 Å². The molecule has 0 unspecified atom stereocenters. The van der Waals surface area contributed by atoms with E-state index in [1.54, 1.807) is 0 Å². The number of rotatable bonds is 4. The van der Waals surface area contributed by atoms with Gasteiger partial charge in [0.1, 0.15) is 0 Å². The summed E-state index contributed by atoms with van der Waals surface area (Å²) in [7, 11) is 0. The van der Waals surface area contributed by atoms with E-state index in [4.69, 9.17) is 0 Å². The van der Waals surface area contributed by atoms with Crippen LogP contribution in [0.4, 0.5) is 11.4 Å². The van der Waals surface area contributed by atoms with E-state index in [0.29, 0.717) is 12.8 Å². The molecule has 130 valence electrons. The monoisotopic (exact) mass is 336 g/mol. The molecule has 0 saturated carbocycles. The lowest BCUT2D eigenvalue weighted by Crippen LogP contribution is -2.34. The first-order chi connectivity index (χ1) is 12.1. The number of amides is 2. The smallest absolute Gasteiger partial charge is 0.228 e. The maximum atomic E-state index is 12.3. The van der Waals surface area contributed by atoms with Crippen LogP contribution >= 0.6 is 0 Å².